The van der Waals surface area contributed by atoms with Crippen molar-refractivity contribution in [3.8, 4) is 0 Å². The highest BCUT2D eigenvalue weighted by Crippen LogP contribution is 2.19. The van der Waals surface area contributed by atoms with Gasteiger partial charge in [0.15, 0.2) is 0 Å². The van der Waals surface area contributed by atoms with Crippen molar-refractivity contribution in [1.82, 2.24) is 0 Å². The van der Waals surface area contributed by atoms with E-state index in [-0.39, 0.29) is 0 Å². The number of aryl methyl sites for hydroxylation is 1. The molecule has 0 saturated carbocycles. The van der Waals surface area contributed by atoms with E-state index in [1.807, 2.05) is 61.5 Å². The molecular weight excluding hydrogens is 252 g/mol. The van der Waals surface area contributed by atoms with E-state index in [4.69, 9.17) is 5.53 Å². The van der Waals surface area contributed by atoms with Gasteiger partial charge in [0, 0.05) is 15.7 Å². The summed E-state index contributed by atoms with van der Waals surface area (Å²) >= 11 is 0. The van der Waals surface area contributed by atoms with Crippen molar-refractivity contribution in [2.75, 3.05) is 4.90 Å². The third-order valence-electron chi connectivity index (χ3n) is 2.89. The average Bonchev–Trinajstić information content (AvgIpc) is 2.47. The van der Waals surface area contributed by atoms with E-state index in [2.05, 4.69) is 10.0 Å². The summed E-state index contributed by atoms with van der Waals surface area (Å²) in [5, 5.41) is 3.19. The molecule has 0 atom stereocenters. The summed E-state index contributed by atoms with van der Waals surface area (Å²) in [5.41, 5.74) is 11.2. The molecule has 2 aromatic rings. The van der Waals surface area contributed by atoms with Gasteiger partial charge in [-0.2, -0.15) is 0 Å². The molecule has 20 heavy (non-hydrogen) atoms. The fourth-order valence-electron chi connectivity index (χ4n) is 1.85. The summed E-state index contributed by atoms with van der Waals surface area (Å²) in [7, 11) is 0. The van der Waals surface area contributed by atoms with Gasteiger partial charge in [0.1, 0.15) is 0 Å². The minimum absolute atomic E-state index is 0.363. The Morgan fingerprint density at radius 1 is 1.15 bits per heavy atom. The van der Waals surface area contributed by atoms with Gasteiger partial charge in [0.25, 0.3) is 0 Å². The van der Waals surface area contributed by atoms with Crippen molar-refractivity contribution in [2.45, 2.75) is 13.5 Å². The van der Waals surface area contributed by atoms with E-state index < -0.39 is 6.03 Å². The smallest absolute Gasteiger partial charge is 0.302 e. The highest BCUT2D eigenvalue weighted by molar-refractivity contribution is 5.92. The Kier molecular flexibility index (Phi) is 4.37. The van der Waals surface area contributed by atoms with E-state index in [0.717, 1.165) is 11.1 Å². The second-order valence-corrected chi connectivity index (χ2v) is 4.38. The first-order chi connectivity index (χ1) is 9.70. The lowest BCUT2D eigenvalue weighted by Crippen LogP contribution is -2.27. The van der Waals surface area contributed by atoms with E-state index >= 15 is 0 Å². The Labute approximate surface area is 117 Å². The van der Waals surface area contributed by atoms with Crippen molar-refractivity contribution < 1.29 is 4.79 Å². The lowest BCUT2D eigenvalue weighted by molar-refractivity contribution is 0.253. The third kappa shape index (κ3) is 3.37. The number of azide groups is 1. The number of urea groups is 1. The molecule has 5 heteroatoms. The predicted octanol–water partition coefficient (Wildman–Crippen LogP) is 4.43. The summed E-state index contributed by atoms with van der Waals surface area (Å²) in [6.45, 7) is 2.34. The van der Waals surface area contributed by atoms with Crippen molar-refractivity contribution in [2.24, 2.45) is 5.11 Å². The first-order valence-electron chi connectivity index (χ1n) is 6.18. The van der Waals surface area contributed by atoms with Crippen LogP contribution in [0.4, 0.5) is 10.5 Å². The van der Waals surface area contributed by atoms with Crippen LogP contribution in [-0.4, -0.2) is 6.03 Å². The number of rotatable bonds is 3. The normalized spacial score (nSPS) is 9.65. The summed E-state index contributed by atoms with van der Waals surface area (Å²) in [6, 6.07) is 16.4. The molecule has 0 unspecified atom stereocenters. The fraction of sp³-hybridized carbons (Fsp3) is 0.133. The molecule has 0 aliphatic heterocycles. The Morgan fingerprint density at radius 2 is 1.80 bits per heavy atom. The maximum atomic E-state index is 11.9. The number of carbonyl (C=O) groups is 1. The monoisotopic (exact) mass is 266 g/mol. The zero-order chi connectivity index (χ0) is 14.4. The van der Waals surface area contributed by atoms with E-state index in [0.29, 0.717) is 12.2 Å². The molecule has 0 aliphatic carbocycles. The lowest BCUT2D eigenvalue weighted by atomic mass is 10.2. The quantitative estimate of drug-likeness (QED) is 0.460. The Morgan fingerprint density at radius 3 is 2.40 bits per heavy atom. The van der Waals surface area contributed by atoms with Gasteiger partial charge in [-0.1, -0.05) is 48.0 Å². The second kappa shape index (κ2) is 6.41. The molecule has 100 valence electrons. The van der Waals surface area contributed by atoms with E-state index in [1.165, 1.54) is 4.90 Å². The molecule has 0 fully saturated rings. The topological polar surface area (TPSA) is 69.1 Å². The number of nitrogens with zero attached hydrogens (tertiary/aromatic N) is 4. The Bertz CT molecular complexity index is 631. The van der Waals surface area contributed by atoms with Crippen molar-refractivity contribution in [3.63, 3.8) is 0 Å². The highest BCUT2D eigenvalue weighted by Gasteiger charge is 2.14. The number of benzene rings is 2. The zero-order valence-electron chi connectivity index (χ0n) is 11.1. The molecule has 0 N–H and O–H groups in total. The number of hydrogen-bond donors (Lipinski definition) is 0. The Balaban J connectivity index is 2.32. The van der Waals surface area contributed by atoms with Gasteiger partial charge >= 0.3 is 6.03 Å². The summed E-state index contributed by atoms with van der Waals surface area (Å²) in [4.78, 5) is 16.0. The summed E-state index contributed by atoms with van der Waals surface area (Å²) in [6.07, 6.45) is 0. The zero-order valence-corrected chi connectivity index (χ0v) is 11.1. The summed E-state index contributed by atoms with van der Waals surface area (Å²) < 4.78 is 0. The molecule has 0 aromatic heterocycles. The number of anilines is 1. The largest absolute Gasteiger partial charge is 0.315 e. The van der Waals surface area contributed by atoms with Crippen LogP contribution >= 0.6 is 0 Å². The SMILES string of the molecule is Cc1ccc(N(Cc2ccccc2)C(=O)N=[N+]=[N-])cc1. The molecule has 2 rings (SSSR count). The van der Waals surface area contributed by atoms with E-state index in [1.54, 1.807) is 0 Å². The molecule has 0 bridgehead atoms. The third-order valence-corrected chi connectivity index (χ3v) is 2.89. The number of carbonyl (C=O) groups excluding carboxylic acids is 1. The maximum absolute atomic E-state index is 11.9. The van der Waals surface area contributed by atoms with Crippen molar-refractivity contribution in [1.29, 1.82) is 0 Å². The van der Waals surface area contributed by atoms with Crippen LogP contribution in [-0.2, 0) is 6.54 Å². The van der Waals surface area contributed by atoms with Crippen LogP contribution in [0.25, 0.3) is 10.4 Å². The molecular formula is C15H14N4O. The molecule has 2 amide bonds. The van der Waals surface area contributed by atoms with Gasteiger partial charge in [0.2, 0.25) is 0 Å². The molecule has 0 spiro atoms. The lowest BCUT2D eigenvalue weighted by Gasteiger charge is -2.21. The van der Waals surface area contributed by atoms with Crippen LogP contribution in [0.2, 0.25) is 0 Å². The van der Waals surface area contributed by atoms with Crippen molar-refractivity contribution >= 4 is 11.7 Å². The predicted molar refractivity (Wildman–Crippen MR) is 78.3 cm³/mol. The Hall–Kier alpha value is -2.78. The van der Waals surface area contributed by atoms with Crippen LogP contribution in [0.15, 0.2) is 59.7 Å². The van der Waals surface area contributed by atoms with Crippen LogP contribution in [0.1, 0.15) is 11.1 Å². The highest BCUT2D eigenvalue weighted by atomic mass is 16.2. The molecule has 0 radical (unpaired) electrons. The van der Waals surface area contributed by atoms with Gasteiger partial charge in [-0.25, -0.2) is 0 Å². The van der Waals surface area contributed by atoms with Gasteiger partial charge in [-0.05, 0) is 30.2 Å². The van der Waals surface area contributed by atoms with Crippen LogP contribution in [0.3, 0.4) is 0 Å². The molecule has 0 aliphatic rings. The van der Waals surface area contributed by atoms with E-state index in [9.17, 15) is 4.79 Å². The molecule has 0 saturated heterocycles. The van der Waals surface area contributed by atoms with Gasteiger partial charge in [-0.15, -0.1) is 0 Å². The van der Waals surface area contributed by atoms with Gasteiger partial charge in [-0.3, -0.25) is 4.79 Å². The fourth-order valence-corrected chi connectivity index (χ4v) is 1.85. The van der Waals surface area contributed by atoms with Gasteiger partial charge < -0.3 is 4.90 Å². The molecule has 2 aromatic carbocycles. The molecule has 0 heterocycles. The number of hydrogen-bond acceptors (Lipinski definition) is 1. The standard InChI is InChI=1S/C15H14N4O/c1-12-7-9-14(10-8-12)19(15(20)17-18-16)11-13-5-3-2-4-6-13/h2-10H,11H2,1H3. The first kappa shape index (κ1) is 13.6. The molecule has 5 nitrogen and oxygen atoms in total. The second-order valence-electron chi connectivity index (χ2n) is 4.38. The van der Waals surface area contributed by atoms with Crippen LogP contribution < -0.4 is 4.90 Å². The minimum atomic E-state index is -0.611. The minimum Gasteiger partial charge on any atom is -0.302 e. The summed E-state index contributed by atoms with van der Waals surface area (Å²) in [5.74, 6) is 0. The van der Waals surface area contributed by atoms with Gasteiger partial charge in [0.05, 0.1) is 6.54 Å². The van der Waals surface area contributed by atoms with Crippen LogP contribution in [0.5, 0.6) is 0 Å². The first-order valence-corrected chi connectivity index (χ1v) is 6.18. The number of amides is 2. The van der Waals surface area contributed by atoms with Crippen LogP contribution in [0, 0.1) is 6.92 Å². The maximum Gasteiger partial charge on any atom is 0.315 e. The average molecular weight is 266 g/mol. The van der Waals surface area contributed by atoms with Crippen molar-refractivity contribution in [3.05, 3.63) is 76.2 Å².